The molecule has 0 aromatic heterocycles. The number of hydrogen-bond donors (Lipinski definition) is 2. The summed E-state index contributed by atoms with van der Waals surface area (Å²) >= 11 is 0. The number of rotatable bonds is 8. The number of phenolic OH excluding ortho intramolecular Hbond substituents is 1. The topological polar surface area (TPSA) is 66.8 Å². The Morgan fingerprint density at radius 1 is 0.893 bits per heavy atom. The zero-order valence-corrected chi connectivity index (χ0v) is 15.4. The molecule has 3 aromatic carbocycles. The predicted octanol–water partition coefficient (Wildman–Crippen LogP) is 5.17. The van der Waals surface area contributed by atoms with Crippen LogP contribution in [0.4, 0.5) is 0 Å². The Kier molecular flexibility index (Phi) is 6.47. The molecule has 0 spiro atoms. The van der Waals surface area contributed by atoms with Crippen LogP contribution in [0.1, 0.15) is 17.5 Å². The van der Waals surface area contributed by atoms with Crippen LogP contribution in [0.15, 0.2) is 78.9 Å². The zero-order chi connectivity index (χ0) is 19.8. The number of aliphatic carboxylic acids is 1. The molecule has 142 valence electrons. The van der Waals surface area contributed by atoms with Crippen molar-refractivity contribution in [2.24, 2.45) is 0 Å². The second-order valence-electron chi connectivity index (χ2n) is 6.41. The molecule has 0 radical (unpaired) electrons. The molecule has 0 saturated carbocycles. The molecule has 4 nitrogen and oxygen atoms in total. The van der Waals surface area contributed by atoms with E-state index in [1.54, 1.807) is 18.2 Å². The maximum absolute atomic E-state index is 10.7. The van der Waals surface area contributed by atoms with Crippen LogP contribution in [0, 0.1) is 0 Å². The van der Waals surface area contributed by atoms with Gasteiger partial charge in [0.05, 0.1) is 0 Å². The summed E-state index contributed by atoms with van der Waals surface area (Å²) in [6, 6.07) is 23.0. The molecular weight excluding hydrogens is 352 g/mol. The van der Waals surface area contributed by atoms with Gasteiger partial charge in [-0.3, -0.25) is 0 Å². The zero-order valence-electron chi connectivity index (χ0n) is 15.4. The van der Waals surface area contributed by atoms with Gasteiger partial charge >= 0.3 is 5.97 Å². The molecular formula is C24H22O4. The van der Waals surface area contributed by atoms with Gasteiger partial charge in [-0.25, -0.2) is 4.79 Å². The molecule has 0 aliphatic carbocycles. The summed E-state index contributed by atoms with van der Waals surface area (Å²) in [5, 5.41) is 18.1. The standard InChI is InChI=1S/C24H22O4/c25-22-15-13-20(14-16-22)19-11-9-18(10-12-19)5-1-2-6-21-7-3-4-8-23(21)28-17-24(26)27/h2-4,6-16,25H,1,5,17H2,(H,26,27)/b6-2-. The lowest BCUT2D eigenvalue weighted by Gasteiger charge is -2.06. The van der Waals surface area contributed by atoms with E-state index in [0.717, 1.165) is 29.5 Å². The molecule has 0 bridgehead atoms. The predicted molar refractivity (Wildman–Crippen MR) is 110 cm³/mol. The lowest BCUT2D eigenvalue weighted by molar-refractivity contribution is -0.139. The Labute approximate surface area is 164 Å². The minimum Gasteiger partial charge on any atom is -0.508 e. The Hall–Kier alpha value is -3.53. The van der Waals surface area contributed by atoms with E-state index >= 15 is 0 Å². The average molecular weight is 374 g/mol. The Bertz CT molecular complexity index is 941. The van der Waals surface area contributed by atoms with Crippen LogP contribution in [0.5, 0.6) is 11.5 Å². The fourth-order valence-corrected chi connectivity index (χ4v) is 2.87. The largest absolute Gasteiger partial charge is 0.508 e. The molecule has 3 rings (SSSR count). The summed E-state index contributed by atoms with van der Waals surface area (Å²) in [6.07, 6.45) is 5.80. The number of benzene rings is 3. The van der Waals surface area contributed by atoms with Gasteiger partial charge in [0.1, 0.15) is 11.5 Å². The average Bonchev–Trinajstić information content (AvgIpc) is 2.71. The molecule has 3 aromatic rings. The van der Waals surface area contributed by atoms with Crippen molar-refractivity contribution in [1.29, 1.82) is 0 Å². The molecule has 0 atom stereocenters. The minimum absolute atomic E-state index is 0.266. The van der Waals surface area contributed by atoms with Gasteiger partial charge in [0.25, 0.3) is 0 Å². The van der Waals surface area contributed by atoms with Gasteiger partial charge in [0, 0.05) is 5.56 Å². The van der Waals surface area contributed by atoms with Crippen LogP contribution >= 0.6 is 0 Å². The van der Waals surface area contributed by atoms with Crippen LogP contribution in [-0.2, 0) is 11.2 Å². The number of carbonyl (C=O) groups is 1. The van der Waals surface area contributed by atoms with Crippen molar-refractivity contribution in [2.75, 3.05) is 6.61 Å². The number of phenols is 1. The van der Waals surface area contributed by atoms with E-state index in [9.17, 15) is 9.90 Å². The highest BCUT2D eigenvalue weighted by molar-refractivity contribution is 5.69. The van der Waals surface area contributed by atoms with Crippen molar-refractivity contribution in [3.05, 3.63) is 90.0 Å². The number of aromatic hydroxyl groups is 1. The van der Waals surface area contributed by atoms with E-state index in [4.69, 9.17) is 9.84 Å². The summed E-state index contributed by atoms with van der Waals surface area (Å²) in [5.41, 5.74) is 4.29. The Morgan fingerprint density at radius 2 is 1.54 bits per heavy atom. The van der Waals surface area contributed by atoms with Crippen LogP contribution in [0.25, 0.3) is 17.2 Å². The van der Waals surface area contributed by atoms with Gasteiger partial charge < -0.3 is 14.9 Å². The van der Waals surface area contributed by atoms with Crippen LogP contribution < -0.4 is 4.74 Å². The first-order valence-corrected chi connectivity index (χ1v) is 9.10. The van der Waals surface area contributed by atoms with Crippen LogP contribution in [0.3, 0.4) is 0 Å². The van der Waals surface area contributed by atoms with Crippen molar-refractivity contribution in [1.82, 2.24) is 0 Å². The second-order valence-corrected chi connectivity index (χ2v) is 6.41. The number of para-hydroxylation sites is 1. The summed E-state index contributed by atoms with van der Waals surface area (Å²) < 4.78 is 5.31. The fourth-order valence-electron chi connectivity index (χ4n) is 2.87. The van der Waals surface area contributed by atoms with E-state index < -0.39 is 5.97 Å². The third kappa shape index (κ3) is 5.48. The molecule has 4 heteroatoms. The molecule has 0 unspecified atom stereocenters. The van der Waals surface area contributed by atoms with Gasteiger partial charge in [-0.15, -0.1) is 0 Å². The third-order valence-electron chi connectivity index (χ3n) is 4.32. The first kappa shape index (κ1) is 19.2. The molecule has 0 saturated heterocycles. The van der Waals surface area contributed by atoms with Gasteiger partial charge in [-0.05, 0) is 47.7 Å². The summed E-state index contributed by atoms with van der Waals surface area (Å²) in [4.78, 5) is 10.7. The highest BCUT2D eigenvalue weighted by Gasteiger charge is 2.03. The first-order valence-electron chi connectivity index (χ1n) is 9.10. The van der Waals surface area contributed by atoms with Crippen LogP contribution in [0.2, 0.25) is 0 Å². The smallest absolute Gasteiger partial charge is 0.341 e. The maximum atomic E-state index is 10.7. The van der Waals surface area contributed by atoms with Gasteiger partial charge in [0.2, 0.25) is 0 Å². The molecule has 2 N–H and O–H groups in total. The van der Waals surface area contributed by atoms with E-state index in [2.05, 4.69) is 30.3 Å². The number of aryl methyl sites for hydroxylation is 1. The van der Waals surface area contributed by atoms with Gasteiger partial charge in [-0.2, -0.15) is 0 Å². The number of allylic oxidation sites excluding steroid dienone is 1. The molecule has 28 heavy (non-hydrogen) atoms. The third-order valence-corrected chi connectivity index (χ3v) is 4.32. The number of carboxylic acid groups (broad SMARTS) is 1. The van der Waals surface area contributed by atoms with Gasteiger partial charge in [-0.1, -0.05) is 66.7 Å². The number of hydrogen-bond acceptors (Lipinski definition) is 3. The molecule has 0 heterocycles. The summed E-state index contributed by atoms with van der Waals surface area (Å²) in [5.74, 6) is -0.156. The quantitative estimate of drug-likeness (QED) is 0.571. The summed E-state index contributed by atoms with van der Waals surface area (Å²) in [7, 11) is 0. The van der Waals surface area contributed by atoms with E-state index in [1.165, 1.54) is 5.56 Å². The van der Waals surface area contributed by atoms with E-state index in [0.29, 0.717) is 5.75 Å². The molecule has 0 aliphatic heterocycles. The monoisotopic (exact) mass is 374 g/mol. The van der Waals surface area contributed by atoms with Crippen LogP contribution in [-0.4, -0.2) is 22.8 Å². The van der Waals surface area contributed by atoms with Crippen molar-refractivity contribution in [2.45, 2.75) is 12.8 Å². The molecule has 0 aliphatic rings. The summed E-state index contributed by atoms with van der Waals surface area (Å²) in [6.45, 7) is -0.349. The molecule has 0 fully saturated rings. The lowest BCUT2D eigenvalue weighted by atomic mass is 10.0. The Morgan fingerprint density at radius 3 is 2.21 bits per heavy atom. The van der Waals surface area contributed by atoms with Gasteiger partial charge in [0.15, 0.2) is 6.61 Å². The number of ether oxygens (including phenoxy) is 1. The first-order chi connectivity index (χ1) is 13.6. The van der Waals surface area contributed by atoms with E-state index in [1.807, 2.05) is 36.4 Å². The molecule has 0 amide bonds. The van der Waals surface area contributed by atoms with Crippen molar-refractivity contribution in [3.8, 4) is 22.6 Å². The maximum Gasteiger partial charge on any atom is 0.341 e. The highest BCUT2D eigenvalue weighted by atomic mass is 16.5. The normalized spacial score (nSPS) is 10.9. The van der Waals surface area contributed by atoms with E-state index in [-0.39, 0.29) is 12.4 Å². The fraction of sp³-hybridized carbons (Fsp3) is 0.125. The SMILES string of the molecule is O=C(O)COc1ccccc1/C=C\CCc1ccc(-c2ccc(O)cc2)cc1. The highest BCUT2D eigenvalue weighted by Crippen LogP contribution is 2.23. The lowest BCUT2D eigenvalue weighted by Crippen LogP contribution is -2.09. The van der Waals surface area contributed by atoms with Crippen molar-refractivity contribution in [3.63, 3.8) is 0 Å². The minimum atomic E-state index is -0.991. The van der Waals surface area contributed by atoms with Crippen molar-refractivity contribution < 1.29 is 19.7 Å². The second kappa shape index (κ2) is 9.42. The number of carboxylic acids is 1. The Balaban J connectivity index is 1.56. The van der Waals surface area contributed by atoms with Crippen molar-refractivity contribution >= 4 is 12.0 Å².